The Morgan fingerprint density at radius 3 is 2.73 bits per heavy atom. The van der Waals surface area contributed by atoms with Crippen LogP contribution in [0.15, 0.2) is 22.8 Å². The highest BCUT2D eigenvalue weighted by molar-refractivity contribution is 5.00. The van der Waals surface area contributed by atoms with Crippen molar-refractivity contribution in [1.82, 2.24) is 0 Å². The molecule has 0 saturated carbocycles. The molecule has 1 N–H and O–H groups in total. The molecule has 0 radical (unpaired) electrons. The minimum Gasteiger partial charge on any atom is -0.469 e. The minimum absolute atomic E-state index is 0.257. The third kappa shape index (κ3) is 4.08. The molecule has 0 aliphatic rings. The van der Waals surface area contributed by atoms with Gasteiger partial charge in [-0.05, 0) is 24.5 Å². The minimum atomic E-state index is -0.257. The number of furan rings is 1. The first-order valence-corrected chi connectivity index (χ1v) is 5.98. The van der Waals surface area contributed by atoms with Gasteiger partial charge in [-0.3, -0.25) is 0 Å². The second-order valence-electron chi connectivity index (χ2n) is 4.16. The average molecular weight is 210 g/mol. The number of hydrogen-bond donors (Lipinski definition) is 1. The van der Waals surface area contributed by atoms with Gasteiger partial charge < -0.3 is 9.52 Å². The van der Waals surface area contributed by atoms with Gasteiger partial charge in [-0.1, -0.05) is 33.1 Å². The highest BCUT2D eigenvalue weighted by atomic mass is 16.3. The van der Waals surface area contributed by atoms with Gasteiger partial charge in [0.15, 0.2) is 0 Å². The molecule has 0 aromatic carbocycles. The number of aliphatic hydroxyl groups excluding tert-OH is 1. The summed E-state index contributed by atoms with van der Waals surface area (Å²) in [6.07, 6.45) is 6.62. The van der Waals surface area contributed by atoms with Crippen LogP contribution in [0.3, 0.4) is 0 Å². The van der Waals surface area contributed by atoms with Gasteiger partial charge in [0.05, 0.1) is 12.4 Å². The molecular weight excluding hydrogens is 188 g/mol. The summed E-state index contributed by atoms with van der Waals surface area (Å²) in [6, 6.07) is 3.80. The Hall–Kier alpha value is -0.760. The zero-order chi connectivity index (χ0) is 11.1. The summed E-state index contributed by atoms with van der Waals surface area (Å²) in [5.41, 5.74) is 0. The van der Waals surface area contributed by atoms with Crippen molar-refractivity contribution in [2.75, 3.05) is 0 Å². The van der Waals surface area contributed by atoms with Crippen molar-refractivity contribution in [2.45, 2.75) is 52.1 Å². The molecule has 2 nitrogen and oxygen atoms in total. The van der Waals surface area contributed by atoms with Crippen molar-refractivity contribution in [2.24, 2.45) is 5.92 Å². The molecule has 2 unspecified atom stereocenters. The van der Waals surface area contributed by atoms with Crippen LogP contribution in [0.2, 0.25) is 0 Å². The topological polar surface area (TPSA) is 33.4 Å². The summed E-state index contributed by atoms with van der Waals surface area (Å²) in [6.45, 7) is 4.33. The van der Waals surface area contributed by atoms with Crippen molar-refractivity contribution in [3.05, 3.63) is 24.2 Å². The monoisotopic (exact) mass is 210 g/mol. The van der Waals surface area contributed by atoms with Crippen LogP contribution >= 0.6 is 0 Å². The van der Waals surface area contributed by atoms with Gasteiger partial charge in [0.25, 0.3) is 0 Å². The van der Waals surface area contributed by atoms with E-state index >= 15 is 0 Å². The van der Waals surface area contributed by atoms with Crippen LogP contribution < -0.4 is 0 Å². The highest BCUT2D eigenvalue weighted by Gasteiger charge is 2.18. The normalized spacial score (nSPS) is 15.1. The fourth-order valence-electron chi connectivity index (χ4n) is 1.94. The number of hydrogen-bond acceptors (Lipinski definition) is 2. The Bertz CT molecular complexity index is 241. The lowest BCUT2D eigenvalue weighted by Crippen LogP contribution is -2.22. The Labute approximate surface area is 92.3 Å². The van der Waals surface area contributed by atoms with E-state index in [1.807, 2.05) is 12.1 Å². The van der Waals surface area contributed by atoms with Crippen LogP contribution in [-0.2, 0) is 6.42 Å². The first-order chi connectivity index (χ1) is 7.27. The van der Waals surface area contributed by atoms with Crippen molar-refractivity contribution < 1.29 is 9.52 Å². The van der Waals surface area contributed by atoms with Gasteiger partial charge in [-0.15, -0.1) is 0 Å². The molecule has 0 aliphatic carbocycles. The first-order valence-electron chi connectivity index (χ1n) is 5.98. The summed E-state index contributed by atoms with van der Waals surface area (Å²) in [4.78, 5) is 0. The number of aliphatic hydroxyl groups is 1. The second kappa shape index (κ2) is 6.67. The van der Waals surface area contributed by atoms with E-state index in [4.69, 9.17) is 4.42 Å². The standard InChI is InChI=1S/C13H22O2/c1-3-5-7-11(4-2)13(14)10-12-8-6-9-15-12/h6,8-9,11,13-14H,3-5,7,10H2,1-2H3. The van der Waals surface area contributed by atoms with Crippen LogP contribution in [0.25, 0.3) is 0 Å². The van der Waals surface area contributed by atoms with E-state index < -0.39 is 0 Å². The summed E-state index contributed by atoms with van der Waals surface area (Å²) in [5, 5.41) is 10.0. The van der Waals surface area contributed by atoms with E-state index in [1.165, 1.54) is 12.8 Å². The molecule has 0 saturated heterocycles. The average Bonchev–Trinajstić information content (AvgIpc) is 2.71. The zero-order valence-electron chi connectivity index (χ0n) is 9.78. The number of unbranched alkanes of at least 4 members (excludes halogenated alkanes) is 1. The summed E-state index contributed by atoms with van der Waals surface area (Å²) in [5.74, 6) is 1.30. The molecule has 15 heavy (non-hydrogen) atoms. The molecule has 0 bridgehead atoms. The Kier molecular flexibility index (Phi) is 5.48. The third-order valence-corrected chi connectivity index (χ3v) is 2.99. The van der Waals surface area contributed by atoms with Gasteiger partial charge in [0, 0.05) is 6.42 Å². The third-order valence-electron chi connectivity index (χ3n) is 2.99. The molecule has 0 spiro atoms. The van der Waals surface area contributed by atoms with E-state index in [9.17, 15) is 5.11 Å². The number of rotatable bonds is 7. The maximum atomic E-state index is 10.0. The molecule has 1 aromatic rings. The fraction of sp³-hybridized carbons (Fsp3) is 0.692. The highest BCUT2D eigenvalue weighted by Crippen LogP contribution is 2.20. The zero-order valence-corrected chi connectivity index (χ0v) is 9.78. The van der Waals surface area contributed by atoms with Crippen molar-refractivity contribution in [3.63, 3.8) is 0 Å². The Morgan fingerprint density at radius 2 is 2.20 bits per heavy atom. The predicted octanol–water partition coefficient (Wildman–Crippen LogP) is 3.40. The Balaban J connectivity index is 2.39. The van der Waals surface area contributed by atoms with Gasteiger partial charge in [0.1, 0.15) is 5.76 Å². The summed E-state index contributed by atoms with van der Waals surface area (Å²) in [7, 11) is 0. The van der Waals surface area contributed by atoms with E-state index in [0.717, 1.165) is 18.6 Å². The van der Waals surface area contributed by atoms with E-state index in [2.05, 4.69) is 13.8 Å². The Morgan fingerprint density at radius 1 is 1.40 bits per heavy atom. The van der Waals surface area contributed by atoms with Crippen LogP contribution in [0, 0.1) is 5.92 Å². The molecule has 1 aromatic heterocycles. The van der Waals surface area contributed by atoms with E-state index in [0.29, 0.717) is 12.3 Å². The largest absolute Gasteiger partial charge is 0.469 e. The first kappa shape index (κ1) is 12.3. The molecule has 86 valence electrons. The maximum absolute atomic E-state index is 10.0. The van der Waals surface area contributed by atoms with Crippen LogP contribution in [0.5, 0.6) is 0 Å². The molecule has 1 rings (SSSR count). The molecule has 2 heteroatoms. The van der Waals surface area contributed by atoms with Gasteiger partial charge in [-0.2, -0.15) is 0 Å². The van der Waals surface area contributed by atoms with Gasteiger partial charge in [-0.25, -0.2) is 0 Å². The van der Waals surface area contributed by atoms with Crippen molar-refractivity contribution in [3.8, 4) is 0 Å². The van der Waals surface area contributed by atoms with Crippen LogP contribution in [0.4, 0.5) is 0 Å². The van der Waals surface area contributed by atoms with Crippen molar-refractivity contribution >= 4 is 0 Å². The summed E-state index contributed by atoms with van der Waals surface area (Å²) >= 11 is 0. The molecule has 2 atom stereocenters. The van der Waals surface area contributed by atoms with Crippen molar-refractivity contribution in [1.29, 1.82) is 0 Å². The van der Waals surface area contributed by atoms with Gasteiger partial charge in [0.2, 0.25) is 0 Å². The lowest BCUT2D eigenvalue weighted by atomic mass is 9.91. The molecule has 0 fully saturated rings. The molecular formula is C13H22O2. The molecule has 0 amide bonds. The molecule has 0 aliphatic heterocycles. The lowest BCUT2D eigenvalue weighted by Gasteiger charge is -2.20. The second-order valence-corrected chi connectivity index (χ2v) is 4.16. The maximum Gasteiger partial charge on any atom is 0.106 e. The quantitative estimate of drug-likeness (QED) is 0.748. The van der Waals surface area contributed by atoms with E-state index in [-0.39, 0.29) is 6.10 Å². The SMILES string of the molecule is CCCCC(CC)C(O)Cc1ccco1. The fourth-order valence-corrected chi connectivity index (χ4v) is 1.94. The predicted molar refractivity (Wildman–Crippen MR) is 61.7 cm³/mol. The van der Waals surface area contributed by atoms with Gasteiger partial charge >= 0.3 is 0 Å². The lowest BCUT2D eigenvalue weighted by molar-refractivity contribution is 0.0936. The molecule has 1 heterocycles. The van der Waals surface area contributed by atoms with Crippen LogP contribution in [0.1, 0.15) is 45.3 Å². The van der Waals surface area contributed by atoms with Crippen LogP contribution in [-0.4, -0.2) is 11.2 Å². The summed E-state index contributed by atoms with van der Waals surface area (Å²) < 4.78 is 5.24. The van der Waals surface area contributed by atoms with E-state index in [1.54, 1.807) is 6.26 Å². The smallest absolute Gasteiger partial charge is 0.106 e.